The predicted octanol–water partition coefficient (Wildman–Crippen LogP) is 4.47. The molecule has 0 radical (unpaired) electrons. The first-order valence-corrected chi connectivity index (χ1v) is 7.75. The van der Waals surface area contributed by atoms with Crippen LogP contribution in [0.4, 0.5) is 0 Å². The minimum atomic E-state index is -1.28. The number of furan rings is 1. The second-order valence-corrected chi connectivity index (χ2v) is 6.33. The summed E-state index contributed by atoms with van der Waals surface area (Å²) in [7, 11) is 0. The lowest BCUT2D eigenvalue weighted by molar-refractivity contribution is -0.222. The number of esters is 2. The molecule has 0 atom stereocenters. The zero-order valence-corrected chi connectivity index (χ0v) is 14.3. The Labute approximate surface area is 147 Å². The van der Waals surface area contributed by atoms with Gasteiger partial charge in [-0.2, -0.15) is 0 Å². The van der Waals surface area contributed by atoms with Crippen LogP contribution in [0.2, 0.25) is 10.0 Å². The Balaban J connectivity index is 1.93. The lowest BCUT2D eigenvalue weighted by Gasteiger charge is -2.29. The second-order valence-electron chi connectivity index (χ2n) is 5.54. The van der Waals surface area contributed by atoms with Crippen molar-refractivity contribution in [3.8, 4) is 11.3 Å². The lowest BCUT2D eigenvalue weighted by Crippen LogP contribution is -2.41. The molecule has 0 saturated carbocycles. The Morgan fingerprint density at radius 2 is 1.67 bits per heavy atom. The van der Waals surface area contributed by atoms with Gasteiger partial charge in [-0.25, -0.2) is 9.59 Å². The number of rotatable bonds is 2. The van der Waals surface area contributed by atoms with E-state index in [9.17, 15) is 9.59 Å². The maximum absolute atomic E-state index is 11.9. The highest BCUT2D eigenvalue weighted by molar-refractivity contribution is 6.43. The maximum Gasteiger partial charge on any atom is 0.348 e. The molecule has 1 aromatic carbocycles. The molecule has 0 N–H and O–H groups in total. The summed E-state index contributed by atoms with van der Waals surface area (Å²) in [5.74, 6) is -2.09. The fourth-order valence-electron chi connectivity index (χ4n) is 2.19. The van der Waals surface area contributed by atoms with Gasteiger partial charge in [-0.1, -0.05) is 29.3 Å². The summed E-state index contributed by atoms with van der Waals surface area (Å²) >= 11 is 12.1. The van der Waals surface area contributed by atoms with Crippen molar-refractivity contribution in [3.63, 3.8) is 0 Å². The van der Waals surface area contributed by atoms with Crippen molar-refractivity contribution in [1.29, 1.82) is 0 Å². The largest absolute Gasteiger partial charge is 0.457 e. The van der Waals surface area contributed by atoms with Crippen LogP contribution in [-0.2, 0) is 19.1 Å². The van der Waals surface area contributed by atoms with Crippen molar-refractivity contribution in [2.75, 3.05) is 0 Å². The molecule has 24 heavy (non-hydrogen) atoms. The molecule has 0 amide bonds. The Kier molecular flexibility index (Phi) is 4.15. The molecule has 0 aliphatic carbocycles. The SMILES string of the molecule is CC1(C)OC(=O)C(=Cc2ccc(-c3cccc(Cl)c3Cl)o2)C(=O)O1. The van der Waals surface area contributed by atoms with E-state index >= 15 is 0 Å². The third-order valence-corrected chi connectivity index (χ3v) is 4.07. The molecule has 5 nitrogen and oxygen atoms in total. The topological polar surface area (TPSA) is 65.7 Å². The second kappa shape index (κ2) is 6.00. The molecule has 0 unspecified atom stereocenters. The summed E-state index contributed by atoms with van der Waals surface area (Å²) in [5, 5.41) is 0.748. The van der Waals surface area contributed by atoms with E-state index in [0.717, 1.165) is 0 Å². The molecule has 1 fully saturated rings. The highest BCUT2D eigenvalue weighted by Crippen LogP contribution is 2.35. The molecular formula is C17H12Cl2O5. The summed E-state index contributed by atoms with van der Waals surface area (Å²) in [6.07, 6.45) is 1.27. The van der Waals surface area contributed by atoms with E-state index in [4.69, 9.17) is 37.1 Å². The van der Waals surface area contributed by atoms with E-state index in [1.807, 2.05) is 0 Å². The predicted molar refractivity (Wildman–Crippen MR) is 88.4 cm³/mol. The molecule has 1 aliphatic heterocycles. The van der Waals surface area contributed by atoms with Crippen molar-refractivity contribution in [1.82, 2.24) is 0 Å². The highest BCUT2D eigenvalue weighted by atomic mass is 35.5. The van der Waals surface area contributed by atoms with Gasteiger partial charge in [0.2, 0.25) is 0 Å². The summed E-state index contributed by atoms with van der Waals surface area (Å²) in [4.78, 5) is 23.9. The molecule has 0 bridgehead atoms. The Bertz CT molecular complexity index is 842. The Morgan fingerprint density at radius 1 is 1.00 bits per heavy atom. The minimum Gasteiger partial charge on any atom is -0.457 e. The standard InChI is InChI=1S/C17H12Cl2O5/c1-17(2)23-15(20)11(16(21)24-17)8-9-6-7-13(22-9)10-4-3-5-12(18)14(10)19/h3-8H,1-2H3. The summed E-state index contributed by atoms with van der Waals surface area (Å²) in [6, 6.07) is 8.40. The van der Waals surface area contributed by atoms with Gasteiger partial charge in [0.1, 0.15) is 17.1 Å². The number of carbonyl (C=O) groups is 2. The third kappa shape index (κ3) is 3.18. The normalized spacial score (nSPS) is 16.6. The van der Waals surface area contributed by atoms with Crippen LogP contribution in [-0.4, -0.2) is 17.7 Å². The van der Waals surface area contributed by atoms with Gasteiger partial charge in [0.05, 0.1) is 10.0 Å². The molecule has 2 heterocycles. The van der Waals surface area contributed by atoms with Crippen LogP contribution < -0.4 is 0 Å². The summed E-state index contributed by atoms with van der Waals surface area (Å²) in [6.45, 7) is 2.96. The fraction of sp³-hybridized carbons (Fsp3) is 0.176. The van der Waals surface area contributed by atoms with Gasteiger partial charge in [-0.05, 0) is 24.3 Å². The number of hydrogen-bond acceptors (Lipinski definition) is 5. The Hall–Kier alpha value is -2.24. The first-order valence-electron chi connectivity index (χ1n) is 6.99. The third-order valence-electron chi connectivity index (χ3n) is 3.25. The number of ether oxygens (including phenoxy) is 2. The van der Waals surface area contributed by atoms with Crippen LogP contribution >= 0.6 is 23.2 Å². The fourth-order valence-corrected chi connectivity index (χ4v) is 2.58. The molecule has 124 valence electrons. The van der Waals surface area contributed by atoms with Crippen LogP contribution in [0.1, 0.15) is 19.6 Å². The summed E-state index contributed by atoms with van der Waals surface area (Å²) < 4.78 is 15.7. The van der Waals surface area contributed by atoms with Gasteiger partial charge in [0, 0.05) is 25.5 Å². The van der Waals surface area contributed by atoms with Crippen molar-refractivity contribution in [3.05, 3.63) is 51.7 Å². The molecule has 2 aromatic rings. The van der Waals surface area contributed by atoms with Gasteiger partial charge >= 0.3 is 11.9 Å². The zero-order valence-electron chi connectivity index (χ0n) is 12.8. The molecule has 1 aliphatic rings. The number of halogens is 2. The van der Waals surface area contributed by atoms with Crippen LogP contribution in [0, 0.1) is 0 Å². The van der Waals surface area contributed by atoms with E-state index in [-0.39, 0.29) is 11.3 Å². The number of cyclic esters (lactones) is 2. The first-order chi connectivity index (χ1) is 11.3. The lowest BCUT2D eigenvalue weighted by atomic mass is 10.2. The van der Waals surface area contributed by atoms with Gasteiger partial charge in [0.25, 0.3) is 5.79 Å². The molecule has 1 saturated heterocycles. The molecule has 1 aromatic heterocycles. The average molecular weight is 367 g/mol. The van der Waals surface area contributed by atoms with E-state index in [0.29, 0.717) is 21.4 Å². The summed E-state index contributed by atoms with van der Waals surface area (Å²) in [5.41, 5.74) is 0.358. The van der Waals surface area contributed by atoms with E-state index in [2.05, 4.69) is 0 Å². The van der Waals surface area contributed by atoms with Crippen molar-refractivity contribution < 1.29 is 23.5 Å². The smallest absolute Gasteiger partial charge is 0.348 e. The van der Waals surface area contributed by atoms with Gasteiger partial charge in [-0.15, -0.1) is 0 Å². The van der Waals surface area contributed by atoms with Gasteiger partial charge in [0.15, 0.2) is 0 Å². The van der Waals surface area contributed by atoms with E-state index in [1.165, 1.54) is 19.9 Å². The van der Waals surface area contributed by atoms with Crippen LogP contribution in [0.5, 0.6) is 0 Å². The van der Waals surface area contributed by atoms with Crippen molar-refractivity contribution in [2.45, 2.75) is 19.6 Å². The highest BCUT2D eigenvalue weighted by Gasteiger charge is 2.39. The Morgan fingerprint density at radius 3 is 2.33 bits per heavy atom. The maximum atomic E-state index is 11.9. The molecular weight excluding hydrogens is 355 g/mol. The van der Waals surface area contributed by atoms with Crippen LogP contribution in [0.15, 0.2) is 40.3 Å². The number of carbonyl (C=O) groups excluding carboxylic acids is 2. The molecule has 7 heteroatoms. The number of hydrogen-bond donors (Lipinski definition) is 0. The van der Waals surface area contributed by atoms with Crippen LogP contribution in [0.25, 0.3) is 17.4 Å². The minimum absolute atomic E-state index is 0.243. The van der Waals surface area contributed by atoms with Gasteiger partial charge < -0.3 is 13.9 Å². The first kappa shape index (κ1) is 16.6. The van der Waals surface area contributed by atoms with Gasteiger partial charge in [-0.3, -0.25) is 0 Å². The van der Waals surface area contributed by atoms with E-state index in [1.54, 1.807) is 30.3 Å². The average Bonchev–Trinajstić information content (AvgIpc) is 2.93. The quantitative estimate of drug-likeness (QED) is 0.445. The monoisotopic (exact) mass is 366 g/mol. The molecule has 3 rings (SSSR count). The van der Waals surface area contributed by atoms with Crippen LogP contribution in [0.3, 0.4) is 0 Å². The van der Waals surface area contributed by atoms with Crippen molar-refractivity contribution in [2.24, 2.45) is 0 Å². The zero-order chi connectivity index (χ0) is 17.5. The number of benzene rings is 1. The van der Waals surface area contributed by atoms with Crippen molar-refractivity contribution >= 4 is 41.2 Å². The molecule has 0 spiro atoms. The van der Waals surface area contributed by atoms with E-state index < -0.39 is 17.7 Å².